The van der Waals surface area contributed by atoms with Crippen molar-refractivity contribution in [1.29, 1.82) is 0 Å². The molecule has 1 aromatic rings. The first-order valence-electron chi connectivity index (χ1n) is 10.8. The molecule has 1 saturated heterocycles. The summed E-state index contributed by atoms with van der Waals surface area (Å²) in [5, 5.41) is 9.19. The first-order chi connectivity index (χ1) is 14.5. The summed E-state index contributed by atoms with van der Waals surface area (Å²) in [6.45, 7) is 11.1. The van der Waals surface area contributed by atoms with Gasteiger partial charge in [-0.25, -0.2) is 0 Å². The van der Waals surface area contributed by atoms with Gasteiger partial charge in [0.1, 0.15) is 5.70 Å². The summed E-state index contributed by atoms with van der Waals surface area (Å²) in [5.74, 6) is -0.423. The lowest BCUT2D eigenvalue weighted by Gasteiger charge is -2.36. The summed E-state index contributed by atoms with van der Waals surface area (Å²) in [5.41, 5.74) is 4.08. The molecule has 2 aliphatic rings. The lowest BCUT2D eigenvalue weighted by Crippen LogP contribution is -2.48. The zero-order valence-corrected chi connectivity index (χ0v) is 18.3. The molecule has 0 atom stereocenters. The molecule has 0 bridgehead atoms. The van der Waals surface area contributed by atoms with Gasteiger partial charge in [0.05, 0.1) is 12.2 Å². The van der Waals surface area contributed by atoms with Gasteiger partial charge in [-0.3, -0.25) is 19.4 Å². The van der Waals surface area contributed by atoms with E-state index in [2.05, 4.69) is 4.90 Å². The Kier molecular flexibility index (Phi) is 7.64. The number of carbonyl (C=O) groups excluding carboxylic acids is 2. The minimum absolute atomic E-state index is 0.127. The molecule has 0 unspecified atom stereocenters. The minimum Gasteiger partial charge on any atom is -0.395 e. The first kappa shape index (κ1) is 22.5. The number of β-amino-alcohol motifs (C(OH)–C–C–N with tert-alkyl or cyclic N) is 1. The van der Waals surface area contributed by atoms with E-state index in [1.54, 1.807) is 0 Å². The van der Waals surface area contributed by atoms with Crippen LogP contribution in [0.4, 0.5) is 0 Å². The molecule has 3 rings (SSSR count). The minimum atomic E-state index is -0.215. The molecule has 1 fully saturated rings. The standard InChI is InChI=1S/C23H33N3O4/c1-4-30-15-5-8-26-22(28)20(19-7-6-17(2)18(3)16-19)21(23(26)29)25-11-9-24(10-12-25)13-14-27/h6-7,16,27H,4-5,8-15H2,1-3H3. The van der Waals surface area contributed by atoms with Crippen LogP contribution in [0.1, 0.15) is 30.0 Å². The van der Waals surface area contributed by atoms with Crippen LogP contribution in [0.15, 0.2) is 23.9 Å². The van der Waals surface area contributed by atoms with E-state index in [0.717, 1.165) is 29.8 Å². The van der Waals surface area contributed by atoms with Crippen LogP contribution in [0.3, 0.4) is 0 Å². The fourth-order valence-corrected chi connectivity index (χ4v) is 4.02. The molecule has 7 nitrogen and oxygen atoms in total. The van der Waals surface area contributed by atoms with Crippen LogP contribution >= 0.6 is 0 Å². The first-order valence-corrected chi connectivity index (χ1v) is 10.8. The topological polar surface area (TPSA) is 73.3 Å². The molecule has 30 heavy (non-hydrogen) atoms. The van der Waals surface area contributed by atoms with Crippen molar-refractivity contribution in [3.63, 3.8) is 0 Å². The fourth-order valence-electron chi connectivity index (χ4n) is 4.02. The molecule has 7 heteroatoms. The summed E-state index contributed by atoms with van der Waals surface area (Å²) in [4.78, 5) is 32.3. The Morgan fingerprint density at radius 2 is 1.73 bits per heavy atom. The monoisotopic (exact) mass is 415 g/mol. The van der Waals surface area contributed by atoms with Gasteiger partial charge in [0, 0.05) is 52.5 Å². The van der Waals surface area contributed by atoms with Crippen LogP contribution in [0.5, 0.6) is 0 Å². The molecule has 0 saturated carbocycles. The van der Waals surface area contributed by atoms with E-state index in [0.29, 0.717) is 57.1 Å². The Morgan fingerprint density at radius 3 is 2.37 bits per heavy atom. The van der Waals surface area contributed by atoms with Crippen molar-refractivity contribution in [1.82, 2.24) is 14.7 Å². The third-order valence-corrected chi connectivity index (χ3v) is 5.92. The number of aryl methyl sites for hydroxylation is 2. The van der Waals surface area contributed by atoms with E-state index in [1.807, 2.05) is 43.9 Å². The molecular formula is C23H33N3O4. The zero-order chi connectivity index (χ0) is 21.7. The van der Waals surface area contributed by atoms with E-state index >= 15 is 0 Å². The molecule has 2 amide bonds. The zero-order valence-electron chi connectivity index (χ0n) is 18.3. The smallest absolute Gasteiger partial charge is 0.277 e. The Balaban J connectivity index is 1.89. The predicted molar refractivity (Wildman–Crippen MR) is 116 cm³/mol. The van der Waals surface area contributed by atoms with Gasteiger partial charge in [-0.2, -0.15) is 0 Å². The van der Waals surface area contributed by atoms with Gasteiger partial charge in [0.25, 0.3) is 11.8 Å². The second-order valence-electron chi connectivity index (χ2n) is 7.89. The Morgan fingerprint density at radius 1 is 1.00 bits per heavy atom. The number of hydrogen-bond acceptors (Lipinski definition) is 6. The number of aliphatic hydroxyl groups is 1. The number of imide groups is 1. The van der Waals surface area contributed by atoms with Gasteiger partial charge in [-0.05, 0) is 43.9 Å². The molecule has 1 N–H and O–H groups in total. The van der Waals surface area contributed by atoms with Crippen LogP contribution in [-0.4, -0.2) is 90.7 Å². The van der Waals surface area contributed by atoms with Crippen LogP contribution < -0.4 is 0 Å². The number of ether oxygens (including phenoxy) is 1. The van der Waals surface area contributed by atoms with Gasteiger partial charge in [-0.15, -0.1) is 0 Å². The average molecular weight is 416 g/mol. The summed E-state index contributed by atoms with van der Waals surface area (Å²) in [7, 11) is 0. The number of amides is 2. The average Bonchev–Trinajstić information content (AvgIpc) is 2.98. The summed E-state index contributed by atoms with van der Waals surface area (Å²) in [6.07, 6.45) is 0.628. The summed E-state index contributed by atoms with van der Waals surface area (Å²) >= 11 is 0. The van der Waals surface area contributed by atoms with Crippen molar-refractivity contribution in [3.8, 4) is 0 Å². The molecule has 0 aliphatic carbocycles. The lowest BCUT2D eigenvalue weighted by molar-refractivity contribution is -0.137. The number of nitrogens with zero attached hydrogens (tertiary/aromatic N) is 3. The molecule has 2 heterocycles. The van der Waals surface area contributed by atoms with Crippen molar-refractivity contribution >= 4 is 17.4 Å². The molecule has 1 aromatic carbocycles. The van der Waals surface area contributed by atoms with Crippen molar-refractivity contribution in [2.24, 2.45) is 0 Å². The fraction of sp³-hybridized carbons (Fsp3) is 0.565. The van der Waals surface area contributed by atoms with E-state index in [-0.39, 0.29) is 18.4 Å². The van der Waals surface area contributed by atoms with Gasteiger partial charge in [-0.1, -0.05) is 18.2 Å². The third-order valence-electron chi connectivity index (χ3n) is 5.92. The molecule has 2 aliphatic heterocycles. The third kappa shape index (κ3) is 4.74. The molecule has 164 valence electrons. The summed E-state index contributed by atoms with van der Waals surface area (Å²) in [6, 6.07) is 5.94. The molecule has 0 radical (unpaired) electrons. The van der Waals surface area contributed by atoms with Crippen LogP contribution in [0, 0.1) is 13.8 Å². The highest BCUT2D eigenvalue weighted by atomic mass is 16.5. The second kappa shape index (κ2) is 10.2. The van der Waals surface area contributed by atoms with Gasteiger partial charge >= 0.3 is 0 Å². The van der Waals surface area contributed by atoms with E-state index < -0.39 is 0 Å². The SMILES string of the molecule is CCOCCCN1C(=O)C(c2ccc(C)c(C)c2)=C(N2CCN(CCO)CC2)C1=O. The largest absolute Gasteiger partial charge is 0.395 e. The molecular weight excluding hydrogens is 382 g/mol. The Labute approximate surface area is 178 Å². The molecule has 0 aromatic heterocycles. The Bertz CT molecular complexity index is 813. The maximum absolute atomic E-state index is 13.3. The number of benzene rings is 1. The van der Waals surface area contributed by atoms with Crippen molar-refractivity contribution in [2.45, 2.75) is 27.2 Å². The maximum Gasteiger partial charge on any atom is 0.277 e. The predicted octanol–water partition coefficient (Wildman–Crippen LogP) is 1.42. The lowest BCUT2D eigenvalue weighted by atomic mass is 9.99. The number of carbonyl (C=O) groups is 2. The summed E-state index contributed by atoms with van der Waals surface area (Å²) < 4.78 is 5.38. The number of piperazine rings is 1. The second-order valence-corrected chi connectivity index (χ2v) is 7.89. The van der Waals surface area contributed by atoms with E-state index in [1.165, 1.54) is 4.90 Å². The number of rotatable bonds is 9. The van der Waals surface area contributed by atoms with Crippen molar-refractivity contribution in [3.05, 3.63) is 40.6 Å². The van der Waals surface area contributed by atoms with Crippen LogP contribution in [0.25, 0.3) is 5.57 Å². The van der Waals surface area contributed by atoms with Gasteiger partial charge < -0.3 is 14.7 Å². The van der Waals surface area contributed by atoms with Crippen LogP contribution in [-0.2, 0) is 14.3 Å². The highest BCUT2D eigenvalue weighted by molar-refractivity contribution is 6.35. The normalized spacial score (nSPS) is 18.1. The number of hydrogen-bond donors (Lipinski definition) is 1. The van der Waals surface area contributed by atoms with Crippen LogP contribution in [0.2, 0.25) is 0 Å². The van der Waals surface area contributed by atoms with Gasteiger partial charge in [0.15, 0.2) is 0 Å². The van der Waals surface area contributed by atoms with E-state index in [9.17, 15) is 14.7 Å². The maximum atomic E-state index is 13.3. The highest BCUT2D eigenvalue weighted by Crippen LogP contribution is 2.33. The van der Waals surface area contributed by atoms with Crippen molar-refractivity contribution in [2.75, 3.05) is 59.1 Å². The Hall–Kier alpha value is -2.22. The van der Waals surface area contributed by atoms with Crippen molar-refractivity contribution < 1.29 is 19.4 Å². The van der Waals surface area contributed by atoms with E-state index in [4.69, 9.17) is 4.74 Å². The quantitative estimate of drug-likeness (QED) is 0.486. The molecule has 0 spiro atoms. The highest BCUT2D eigenvalue weighted by Gasteiger charge is 2.41. The van der Waals surface area contributed by atoms with Gasteiger partial charge in [0.2, 0.25) is 0 Å². The number of aliphatic hydroxyl groups excluding tert-OH is 1.